The Labute approximate surface area is 209 Å². The summed E-state index contributed by atoms with van der Waals surface area (Å²) in [6.45, 7) is 2.47. The number of benzene rings is 2. The molecule has 3 amide bonds. The molecule has 1 aliphatic rings. The first-order valence-electron chi connectivity index (χ1n) is 10.6. The van der Waals surface area contributed by atoms with E-state index in [9.17, 15) is 27.6 Å². The molecule has 3 rings (SSSR count). The normalized spacial score (nSPS) is 15.8. The molecule has 0 saturated carbocycles. The van der Waals surface area contributed by atoms with Gasteiger partial charge in [-0.2, -0.15) is 13.2 Å². The van der Waals surface area contributed by atoms with Crippen molar-refractivity contribution in [1.82, 2.24) is 15.5 Å². The first-order chi connectivity index (χ1) is 16.5. The van der Waals surface area contributed by atoms with Crippen molar-refractivity contribution in [2.75, 3.05) is 5.32 Å². The molecule has 2 aromatic carbocycles. The van der Waals surface area contributed by atoms with E-state index >= 15 is 0 Å². The predicted molar refractivity (Wildman–Crippen MR) is 130 cm³/mol. The van der Waals surface area contributed by atoms with Gasteiger partial charge in [-0.25, -0.2) is 0 Å². The molecule has 0 aromatic heterocycles. The monoisotopic (exact) mass is 524 g/mol. The van der Waals surface area contributed by atoms with Crippen LogP contribution >= 0.6 is 24.0 Å². The van der Waals surface area contributed by atoms with E-state index in [1.165, 1.54) is 29.2 Å². The van der Waals surface area contributed by atoms with Gasteiger partial charge in [0.05, 0.1) is 0 Å². The van der Waals surface area contributed by atoms with E-state index in [0.717, 1.165) is 16.7 Å². The Morgan fingerprint density at radius 2 is 1.94 bits per heavy atom. The van der Waals surface area contributed by atoms with Gasteiger partial charge in [-0.05, 0) is 78.3 Å². The lowest BCUT2D eigenvalue weighted by Gasteiger charge is -2.30. The molecule has 1 aliphatic heterocycles. The summed E-state index contributed by atoms with van der Waals surface area (Å²) in [4.78, 5) is 36.7. The fourth-order valence-corrected chi connectivity index (χ4v) is 4.25. The number of imide groups is 1. The van der Waals surface area contributed by atoms with Gasteiger partial charge in [-0.1, -0.05) is 18.2 Å². The molecule has 1 atom stereocenters. The van der Waals surface area contributed by atoms with Gasteiger partial charge in [-0.15, -0.1) is 0 Å². The maximum absolute atomic E-state index is 12.4. The molecular weight excluding hydrogens is 501 g/mol. The molecule has 12 heteroatoms. The minimum absolute atomic E-state index is 0.0794. The van der Waals surface area contributed by atoms with E-state index < -0.39 is 17.5 Å². The molecule has 0 aliphatic carbocycles. The van der Waals surface area contributed by atoms with Crippen LogP contribution in [-0.2, 0) is 27.5 Å². The van der Waals surface area contributed by atoms with Gasteiger partial charge in [0.2, 0.25) is 18.2 Å². The number of piperidine rings is 1. The molecule has 7 nitrogen and oxygen atoms in total. The van der Waals surface area contributed by atoms with Crippen molar-refractivity contribution in [1.29, 1.82) is 0 Å². The highest BCUT2D eigenvalue weighted by atomic mass is 32.2. The van der Waals surface area contributed by atoms with Gasteiger partial charge in [0.1, 0.15) is 6.04 Å². The Morgan fingerprint density at radius 1 is 1.23 bits per heavy atom. The quantitative estimate of drug-likeness (QED) is 0.209. The van der Waals surface area contributed by atoms with Gasteiger partial charge >= 0.3 is 5.51 Å². The minimum atomic E-state index is -4.34. The van der Waals surface area contributed by atoms with Crippen LogP contribution in [0, 0.1) is 6.92 Å². The van der Waals surface area contributed by atoms with Crippen LogP contribution in [0.4, 0.5) is 18.9 Å². The maximum Gasteiger partial charge on any atom is 0.446 e. The first kappa shape index (κ1) is 26.5. The molecule has 2 aromatic rings. The fourth-order valence-electron chi connectivity index (χ4n) is 3.52. The Bertz CT molecular complexity index is 1110. The summed E-state index contributed by atoms with van der Waals surface area (Å²) in [5.74, 6) is -0.827. The second-order valence-electron chi connectivity index (χ2n) is 7.89. The van der Waals surface area contributed by atoms with Crippen LogP contribution < -0.4 is 16.0 Å². The first-order valence-corrected chi connectivity index (χ1v) is 11.8. The molecule has 35 heavy (non-hydrogen) atoms. The molecular formula is C23H23F3N4O3S2. The second kappa shape index (κ2) is 11.5. The van der Waals surface area contributed by atoms with E-state index in [1.807, 2.05) is 25.1 Å². The molecule has 3 N–H and O–H groups in total. The molecule has 1 heterocycles. The number of rotatable bonds is 8. The highest BCUT2D eigenvalue weighted by Crippen LogP contribution is 2.37. The van der Waals surface area contributed by atoms with Crippen LogP contribution in [-0.4, -0.2) is 39.8 Å². The van der Waals surface area contributed by atoms with Crippen LogP contribution in [0.15, 0.2) is 47.4 Å². The van der Waals surface area contributed by atoms with Crippen molar-refractivity contribution in [3.8, 4) is 0 Å². The van der Waals surface area contributed by atoms with Crippen LogP contribution in [0.5, 0.6) is 0 Å². The SMILES string of the molecule is Cc1ccc(CNC(=S)Nc2ccc(SC(F)(F)F)cc2)cc1CN(C=O)C1CCC(=O)NC1=O. The third-order valence-electron chi connectivity index (χ3n) is 5.31. The van der Waals surface area contributed by atoms with E-state index in [1.54, 1.807) is 0 Å². The number of nitrogens with zero attached hydrogens (tertiary/aromatic N) is 1. The predicted octanol–water partition coefficient (Wildman–Crippen LogP) is 3.86. The van der Waals surface area contributed by atoms with Gasteiger partial charge in [0.15, 0.2) is 5.11 Å². The Morgan fingerprint density at radius 3 is 2.57 bits per heavy atom. The fraction of sp³-hybridized carbons (Fsp3) is 0.304. The lowest BCUT2D eigenvalue weighted by Crippen LogP contribution is -2.51. The largest absolute Gasteiger partial charge is 0.446 e. The van der Waals surface area contributed by atoms with Gasteiger partial charge in [0, 0.05) is 30.1 Å². The number of amides is 3. The third-order valence-corrected chi connectivity index (χ3v) is 6.30. The van der Waals surface area contributed by atoms with E-state index in [-0.39, 0.29) is 42.0 Å². The molecule has 0 bridgehead atoms. The number of thiocarbonyl (C=S) groups is 1. The smallest absolute Gasteiger partial charge is 0.358 e. The zero-order valence-electron chi connectivity index (χ0n) is 18.6. The van der Waals surface area contributed by atoms with Crippen molar-refractivity contribution in [2.45, 2.75) is 49.3 Å². The summed E-state index contributed by atoms with van der Waals surface area (Å²) < 4.78 is 37.3. The Hall–Kier alpha value is -3.12. The van der Waals surface area contributed by atoms with Gasteiger partial charge < -0.3 is 15.5 Å². The number of hydrogen-bond acceptors (Lipinski definition) is 5. The van der Waals surface area contributed by atoms with Gasteiger partial charge in [-0.3, -0.25) is 19.7 Å². The Kier molecular flexibility index (Phi) is 8.73. The molecule has 186 valence electrons. The molecule has 0 radical (unpaired) electrons. The highest BCUT2D eigenvalue weighted by molar-refractivity contribution is 8.00. The third kappa shape index (κ3) is 7.96. The van der Waals surface area contributed by atoms with Crippen molar-refractivity contribution in [3.05, 3.63) is 59.2 Å². The average Bonchev–Trinajstić information content (AvgIpc) is 2.78. The molecule has 1 fully saturated rings. The average molecular weight is 525 g/mol. The maximum atomic E-state index is 12.4. The number of anilines is 1. The molecule has 1 saturated heterocycles. The summed E-state index contributed by atoms with van der Waals surface area (Å²) in [6.07, 6.45) is 1.07. The van der Waals surface area contributed by atoms with Crippen molar-refractivity contribution in [3.63, 3.8) is 0 Å². The number of halogens is 3. The second-order valence-corrected chi connectivity index (χ2v) is 9.43. The summed E-state index contributed by atoms with van der Waals surface area (Å²) in [5, 5.41) is 8.52. The highest BCUT2D eigenvalue weighted by Gasteiger charge is 2.31. The number of carbonyl (C=O) groups is 3. The summed E-state index contributed by atoms with van der Waals surface area (Å²) >= 11 is 5.09. The number of hydrogen-bond donors (Lipinski definition) is 3. The van der Waals surface area contributed by atoms with E-state index in [4.69, 9.17) is 12.2 Å². The summed E-state index contributed by atoms with van der Waals surface area (Å²) in [6, 6.07) is 10.7. The standard InChI is InChI=1S/C23H23F3N4O3S2/c1-14-2-3-15(10-16(14)12-30(13-31)19-8-9-20(32)29-21(19)33)11-27-22(34)28-17-4-6-18(7-5-17)35-23(24,25)26/h2-7,10,13,19H,8-9,11-12H2,1H3,(H2,27,28,34)(H,29,32,33). The van der Waals surface area contributed by atoms with Crippen molar-refractivity contribution >= 4 is 53.0 Å². The number of alkyl halides is 3. The minimum Gasteiger partial charge on any atom is -0.358 e. The number of thioether (sulfide) groups is 1. The van der Waals surface area contributed by atoms with Crippen LogP contribution in [0.1, 0.15) is 29.5 Å². The summed E-state index contributed by atoms with van der Waals surface area (Å²) in [5.41, 5.74) is -1.14. The van der Waals surface area contributed by atoms with Gasteiger partial charge in [0.25, 0.3) is 0 Å². The van der Waals surface area contributed by atoms with Crippen LogP contribution in [0.2, 0.25) is 0 Å². The van der Waals surface area contributed by atoms with E-state index in [2.05, 4.69) is 16.0 Å². The molecule has 0 spiro atoms. The lowest BCUT2D eigenvalue weighted by atomic mass is 10.0. The van der Waals surface area contributed by atoms with Crippen LogP contribution in [0.25, 0.3) is 0 Å². The zero-order chi connectivity index (χ0) is 25.6. The van der Waals surface area contributed by atoms with Crippen LogP contribution in [0.3, 0.4) is 0 Å². The molecule has 1 unspecified atom stereocenters. The number of nitrogens with one attached hydrogen (secondary N) is 3. The lowest BCUT2D eigenvalue weighted by molar-refractivity contribution is -0.141. The van der Waals surface area contributed by atoms with Crippen molar-refractivity contribution in [2.24, 2.45) is 0 Å². The number of carbonyl (C=O) groups excluding carboxylic acids is 3. The zero-order valence-corrected chi connectivity index (χ0v) is 20.3. The van der Waals surface area contributed by atoms with Crippen molar-refractivity contribution < 1.29 is 27.6 Å². The topological polar surface area (TPSA) is 90.5 Å². The number of aryl methyl sites for hydroxylation is 1. The van der Waals surface area contributed by atoms with E-state index in [0.29, 0.717) is 23.8 Å². The summed E-state index contributed by atoms with van der Waals surface area (Å²) in [7, 11) is 0. The Balaban J connectivity index is 1.57.